The molecule has 0 radical (unpaired) electrons. The highest BCUT2D eigenvalue weighted by Crippen LogP contribution is 2.26. The summed E-state index contributed by atoms with van der Waals surface area (Å²) in [7, 11) is 1.85. The molecule has 1 aromatic carbocycles. The number of carboxylic acids is 1. The number of ether oxygens (including phenoxy) is 1. The standard InChI is InChI=1S/C19H20N4O4/c1-4-26-17-6-5-13(10-15(17)18(24)25)16-7-8-20-19(21-16)23(3)11-14-9-12(2)22-27-14/h5-10H,4,11H2,1-3H3,(H,24,25). The van der Waals surface area contributed by atoms with Gasteiger partial charge >= 0.3 is 5.97 Å². The van der Waals surface area contributed by atoms with Crippen LogP contribution in [-0.4, -0.2) is 39.9 Å². The average molecular weight is 368 g/mol. The van der Waals surface area contributed by atoms with E-state index in [1.54, 1.807) is 30.5 Å². The molecule has 0 aliphatic carbocycles. The fourth-order valence-electron chi connectivity index (χ4n) is 2.63. The van der Waals surface area contributed by atoms with Gasteiger partial charge in [0.05, 0.1) is 24.5 Å². The van der Waals surface area contributed by atoms with Gasteiger partial charge in [0.25, 0.3) is 0 Å². The molecule has 0 aliphatic rings. The highest BCUT2D eigenvalue weighted by atomic mass is 16.5. The lowest BCUT2D eigenvalue weighted by Gasteiger charge is -2.16. The van der Waals surface area contributed by atoms with E-state index in [2.05, 4.69) is 15.1 Å². The molecular formula is C19H20N4O4. The largest absolute Gasteiger partial charge is 0.493 e. The number of aromatic nitrogens is 3. The van der Waals surface area contributed by atoms with Gasteiger partial charge in [-0.1, -0.05) is 5.16 Å². The molecule has 0 aliphatic heterocycles. The minimum Gasteiger partial charge on any atom is -0.493 e. The topological polar surface area (TPSA) is 102 Å². The smallest absolute Gasteiger partial charge is 0.339 e. The quantitative estimate of drug-likeness (QED) is 0.678. The molecule has 0 fully saturated rings. The Bertz CT molecular complexity index is 954. The molecule has 0 saturated carbocycles. The number of hydrogen-bond donors (Lipinski definition) is 1. The van der Waals surface area contributed by atoms with Crippen LogP contribution in [0.1, 0.15) is 28.7 Å². The van der Waals surface area contributed by atoms with Crippen LogP contribution in [0.3, 0.4) is 0 Å². The summed E-state index contributed by atoms with van der Waals surface area (Å²) in [5, 5.41) is 13.3. The van der Waals surface area contributed by atoms with E-state index in [9.17, 15) is 9.90 Å². The van der Waals surface area contributed by atoms with E-state index in [4.69, 9.17) is 9.26 Å². The normalized spacial score (nSPS) is 10.6. The summed E-state index contributed by atoms with van der Waals surface area (Å²) in [5.74, 6) is 0.485. The second-order valence-electron chi connectivity index (χ2n) is 5.98. The summed E-state index contributed by atoms with van der Waals surface area (Å²) in [4.78, 5) is 22.2. The van der Waals surface area contributed by atoms with Crippen molar-refractivity contribution in [1.29, 1.82) is 0 Å². The third-order valence-electron chi connectivity index (χ3n) is 3.86. The number of carbonyl (C=O) groups is 1. The predicted octanol–water partition coefficient (Wildman–Crippen LogP) is 3.17. The predicted molar refractivity (Wildman–Crippen MR) is 98.9 cm³/mol. The average Bonchev–Trinajstić information content (AvgIpc) is 3.07. The molecule has 0 amide bonds. The van der Waals surface area contributed by atoms with Crippen molar-refractivity contribution in [1.82, 2.24) is 15.1 Å². The van der Waals surface area contributed by atoms with Gasteiger partial charge in [0, 0.05) is 24.9 Å². The summed E-state index contributed by atoms with van der Waals surface area (Å²) < 4.78 is 10.6. The van der Waals surface area contributed by atoms with Crippen molar-refractivity contribution in [3.05, 3.63) is 53.5 Å². The Morgan fingerprint density at radius 1 is 1.30 bits per heavy atom. The number of benzene rings is 1. The van der Waals surface area contributed by atoms with Crippen molar-refractivity contribution < 1.29 is 19.2 Å². The Balaban J connectivity index is 1.88. The first kappa shape index (κ1) is 18.4. The van der Waals surface area contributed by atoms with Gasteiger partial charge in [-0.05, 0) is 38.1 Å². The van der Waals surface area contributed by atoms with Gasteiger partial charge in [-0.2, -0.15) is 0 Å². The zero-order chi connectivity index (χ0) is 19.4. The molecule has 0 atom stereocenters. The van der Waals surface area contributed by atoms with Crippen molar-refractivity contribution >= 4 is 11.9 Å². The number of aromatic carboxylic acids is 1. The molecule has 0 bridgehead atoms. The van der Waals surface area contributed by atoms with Gasteiger partial charge in [-0.3, -0.25) is 0 Å². The molecular weight excluding hydrogens is 348 g/mol. The van der Waals surface area contributed by atoms with Crippen LogP contribution < -0.4 is 9.64 Å². The molecule has 27 heavy (non-hydrogen) atoms. The second kappa shape index (κ2) is 7.86. The van der Waals surface area contributed by atoms with Crippen LogP contribution in [0.4, 0.5) is 5.95 Å². The van der Waals surface area contributed by atoms with Crippen LogP contribution in [0.5, 0.6) is 5.75 Å². The molecule has 0 unspecified atom stereocenters. The maximum atomic E-state index is 11.5. The van der Waals surface area contributed by atoms with Crippen molar-refractivity contribution in [2.24, 2.45) is 0 Å². The van der Waals surface area contributed by atoms with E-state index in [0.717, 1.165) is 5.69 Å². The van der Waals surface area contributed by atoms with E-state index >= 15 is 0 Å². The van der Waals surface area contributed by atoms with Crippen molar-refractivity contribution in [3.8, 4) is 17.0 Å². The molecule has 8 heteroatoms. The second-order valence-corrected chi connectivity index (χ2v) is 5.98. The number of carboxylic acid groups (broad SMARTS) is 1. The van der Waals surface area contributed by atoms with Crippen molar-refractivity contribution in [3.63, 3.8) is 0 Å². The number of aryl methyl sites for hydroxylation is 1. The molecule has 8 nitrogen and oxygen atoms in total. The number of rotatable bonds is 7. The number of nitrogens with zero attached hydrogens (tertiary/aromatic N) is 4. The first-order chi connectivity index (χ1) is 13.0. The van der Waals surface area contributed by atoms with Gasteiger partial charge in [0.1, 0.15) is 11.3 Å². The summed E-state index contributed by atoms with van der Waals surface area (Å²) in [6.07, 6.45) is 1.64. The fraction of sp³-hybridized carbons (Fsp3) is 0.263. The van der Waals surface area contributed by atoms with E-state index in [-0.39, 0.29) is 5.56 Å². The van der Waals surface area contributed by atoms with Gasteiger partial charge in [0.15, 0.2) is 5.76 Å². The van der Waals surface area contributed by atoms with Crippen LogP contribution in [0, 0.1) is 6.92 Å². The molecule has 2 aromatic heterocycles. The maximum absolute atomic E-state index is 11.5. The molecule has 0 spiro atoms. The minimum atomic E-state index is -1.05. The van der Waals surface area contributed by atoms with Crippen LogP contribution in [0.15, 0.2) is 41.1 Å². The summed E-state index contributed by atoms with van der Waals surface area (Å²) in [6, 6.07) is 8.57. The number of hydrogen-bond acceptors (Lipinski definition) is 7. The lowest BCUT2D eigenvalue weighted by molar-refractivity contribution is 0.0692. The van der Waals surface area contributed by atoms with Crippen molar-refractivity contribution in [2.45, 2.75) is 20.4 Å². The third kappa shape index (κ3) is 4.22. The highest BCUT2D eigenvalue weighted by molar-refractivity contribution is 5.92. The van der Waals surface area contributed by atoms with Gasteiger partial charge < -0.3 is 19.3 Å². The lowest BCUT2D eigenvalue weighted by Crippen LogP contribution is -2.18. The summed E-state index contributed by atoms with van der Waals surface area (Å²) >= 11 is 0. The van der Waals surface area contributed by atoms with E-state index < -0.39 is 5.97 Å². The zero-order valence-electron chi connectivity index (χ0n) is 15.3. The molecule has 3 aromatic rings. The molecule has 3 rings (SSSR count). The van der Waals surface area contributed by atoms with Crippen LogP contribution in [-0.2, 0) is 6.54 Å². The van der Waals surface area contributed by atoms with Gasteiger partial charge in [-0.25, -0.2) is 14.8 Å². The SMILES string of the molecule is CCOc1ccc(-c2ccnc(N(C)Cc3cc(C)no3)n2)cc1C(=O)O. The lowest BCUT2D eigenvalue weighted by atomic mass is 10.1. The van der Waals surface area contributed by atoms with E-state index in [0.29, 0.717) is 41.9 Å². The fourth-order valence-corrected chi connectivity index (χ4v) is 2.63. The van der Waals surface area contributed by atoms with Crippen LogP contribution >= 0.6 is 0 Å². The number of anilines is 1. The molecule has 1 N–H and O–H groups in total. The summed E-state index contributed by atoms with van der Waals surface area (Å²) in [6.45, 7) is 4.52. The highest BCUT2D eigenvalue weighted by Gasteiger charge is 2.15. The molecule has 140 valence electrons. The summed E-state index contributed by atoms with van der Waals surface area (Å²) in [5.41, 5.74) is 2.19. The van der Waals surface area contributed by atoms with E-state index in [1.165, 1.54) is 0 Å². The van der Waals surface area contributed by atoms with E-state index in [1.807, 2.05) is 31.9 Å². The monoisotopic (exact) mass is 368 g/mol. The Morgan fingerprint density at radius 3 is 2.78 bits per heavy atom. The van der Waals surface area contributed by atoms with Crippen LogP contribution in [0.2, 0.25) is 0 Å². The van der Waals surface area contributed by atoms with Crippen LogP contribution in [0.25, 0.3) is 11.3 Å². The van der Waals surface area contributed by atoms with Gasteiger partial charge in [0.2, 0.25) is 5.95 Å². The van der Waals surface area contributed by atoms with Crippen molar-refractivity contribution in [2.75, 3.05) is 18.6 Å². The first-order valence-electron chi connectivity index (χ1n) is 8.44. The minimum absolute atomic E-state index is 0.0972. The Hall–Kier alpha value is -3.42. The third-order valence-corrected chi connectivity index (χ3v) is 3.86. The first-order valence-corrected chi connectivity index (χ1v) is 8.44. The molecule has 0 saturated heterocycles. The Labute approximate surface area is 156 Å². The Morgan fingerprint density at radius 2 is 2.11 bits per heavy atom. The Kier molecular flexibility index (Phi) is 5.35. The van der Waals surface area contributed by atoms with Gasteiger partial charge in [-0.15, -0.1) is 0 Å². The maximum Gasteiger partial charge on any atom is 0.339 e. The molecule has 2 heterocycles. The zero-order valence-corrected chi connectivity index (χ0v) is 15.3.